The van der Waals surface area contributed by atoms with Gasteiger partial charge in [-0.1, -0.05) is 11.6 Å². The number of aromatic amines is 1. The summed E-state index contributed by atoms with van der Waals surface area (Å²) in [6, 6.07) is 5.89. The van der Waals surface area contributed by atoms with E-state index in [0.717, 1.165) is 40.7 Å². The van der Waals surface area contributed by atoms with Gasteiger partial charge in [-0.2, -0.15) is 5.10 Å². The lowest BCUT2D eigenvalue weighted by atomic mass is 10.1. The van der Waals surface area contributed by atoms with Crippen LogP contribution in [0.5, 0.6) is 0 Å². The molecular weight excluding hydrogens is 338 g/mol. The van der Waals surface area contributed by atoms with Crippen LogP contribution in [0.4, 0.5) is 0 Å². The number of aryl methyl sites for hydroxylation is 1. The first kappa shape index (κ1) is 17.3. The summed E-state index contributed by atoms with van der Waals surface area (Å²) in [4.78, 5) is 13.9. The van der Waals surface area contributed by atoms with Crippen LogP contribution in [0.3, 0.4) is 0 Å². The monoisotopic (exact) mass is 359 g/mol. The van der Waals surface area contributed by atoms with Gasteiger partial charge in [-0.3, -0.25) is 9.67 Å². The van der Waals surface area contributed by atoms with Crippen LogP contribution >= 0.6 is 11.6 Å². The van der Waals surface area contributed by atoms with Crippen LogP contribution in [0.2, 0.25) is 5.02 Å². The van der Waals surface area contributed by atoms with Crippen molar-refractivity contribution in [2.24, 2.45) is 12.0 Å². The van der Waals surface area contributed by atoms with Gasteiger partial charge in [-0.05, 0) is 30.2 Å². The second-order valence-corrected chi connectivity index (χ2v) is 6.32. The predicted octanol–water partition coefficient (Wildman–Crippen LogP) is 2.20. The van der Waals surface area contributed by atoms with Crippen LogP contribution < -0.4 is 5.32 Å². The molecule has 0 fully saturated rings. The van der Waals surface area contributed by atoms with Gasteiger partial charge in [0.1, 0.15) is 12.2 Å². The van der Waals surface area contributed by atoms with Gasteiger partial charge < -0.3 is 15.2 Å². The standard InChI is InChI=1S/C17H22ClN7/c1-19-17(24(2)10-16-22-11-23-25(16)3)20-7-6-12-9-21-15-5-4-13(18)8-14(12)15/h4-5,8-9,11,21H,6-7,10H2,1-3H3,(H,19,20). The average molecular weight is 360 g/mol. The highest BCUT2D eigenvalue weighted by molar-refractivity contribution is 6.31. The molecule has 0 unspecified atom stereocenters. The number of hydrogen-bond donors (Lipinski definition) is 2. The third-order valence-corrected chi connectivity index (χ3v) is 4.40. The van der Waals surface area contributed by atoms with Crippen molar-refractivity contribution in [3.05, 3.63) is 47.1 Å². The zero-order chi connectivity index (χ0) is 17.8. The smallest absolute Gasteiger partial charge is 0.193 e. The van der Waals surface area contributed by atoms with Crippen molar-refractivity contribution in [3.63, 3.8) is 0 Å². The molecule has 0 radical (unpaired) electrons. The Hall–Kier alpha value is -2.54. The minimum absolute atomic E-state index is 0.638. The zero-order valence-electron chi connectivity index (χ0n) is 14.6. The van der Waals surface area contributed by atoms with Crippen LogP contribution in [0.25, 0.3) is 10.9 Å². The number of nitrogens with zero attached hydrogens (tertiary/aromatic N) is 5. The van der Waals surface area contributed by atoms with Crippen LogP contribution in [0, 0.1) is 0 Å². The van der Waals surface area contributed by atoms with E-state index in [2.05, 4.69) is 25.4 Å². The molecule has 0 saturated carbocycles. The molecule has 0 atom stereocenters. The first-order chi connectivity index (χ1) is 12.1. The molecule has 3 aromatic rings. The third-order valence-electron chi connectivity index (χ3n) is 4.16. The molecule has 0 aliphatic heterocycles. The van der Waals surface area contributed by atoms with Crippen molar-refractivity contribution in [1.29, 1.82) is 0 Å². The highest BCUT2D eigenvalue weighted by atomic mass is 35.5. The van der Waals surface area contributed by atoms with Crippen LogP contribution in [0.15, 0.2) is 35.7 Å². The molecule has 132 valence electrons. The summed E-state index contributed by atoms with van der Waals surface area (Å²) < 4.78 is 1.76. The van der Waals surface area contributed by atoms with Crippen LogP contribution in [-0.4, -0.2) is 51.2 Å². The van der Waals surface area contributed by atoms with Gasteiger partial charge in [0.15, 0.2) is 5.96 Å². The van der Waals surface area contributed by atoms with Gasteiger partial charge in [0.05, 0.1) is 6.54 Å². The molecule has 0 amide bonds. The number of halogens is 1. The molecule has 7 nitrogen and oxygen atoms in total. The van der Waals surface area contributed by atoms with E-state index in [1.165, 1.54) is 5.56 Å². The highest BCUT2D eigenvalue weighted by Crippen LogP contribution is 2.22. The van der Waals surface area contributed by atoms with Crippen LogP contribution in [0.1, 0.15) is 11.4 Å². The minimum atomic E-state index is 0.638. The fraction of sp³-hybridized carbons (Fsp3) is 0.353. The van der Waals surface area contributed by atoms with Crippen LogP contribution in [-0.2, 0) is 20.0 Å². The molecule has 2 aromatic heterocycles. The average Bonchev–Trinajstić information content (AvgIpc) is 3.18. The molecule has 3 rings (SSSR count). The summed E-state index contributed by atoms with van der Waals surface area (Å²) >= 11 is 6.11. The van der Waals surface area contributed by atoms with Crippen molar-refractivity contribution in [1.82, 2.24) is 30.0 Å². The summed E-state index contributed by atoms with van der Waals surface area (Å²) in [5, 5.41) is 9.40. The molecule has 1 aromatic carbocycles. The second-order valence-electron chi connectivity index (χ2n) is 5.88. The van der Waals surface area contributed by atoms with Gasteiger partial charge >= 0.3 is 0 Å². The highest BCUT2D eigenvalue weighted by Gasteiger charge is 2.10. The summed E-state index contributed by atoms with van der Waals surface area (Å²) in [5.74, 6) is 1.71. The number of rotatable bonds is 5. The summed E-state index contributed by atoms with van der Waals surface area (Å²) in [6.45, 7) is 1.41. The van der Waals surface area contributed by atoms with Crippen molar-refractivity contribution >= 4 is 28.5 Å². The molecule has 2 N–H and O–H groups in total. The molecule has 0 aliphatic rings. The number of nitrogens with one attached hydrogen (secondary N) is 2. The number of fused-ring (bicyclic) bond motifs is 1. The number of hydrogen-bond acceptors (Lipinski definition) is 3. The van der Waals surface area contributed by atoms with Gasteiger partial charge in [0.25, 0.3) is 0 Å². The molecule has 0 bridgehead atoms. The van der Waals surface area contributed by atoms with Crippen molar-refractivity contribution in [2.45, 2.75) is 13.0 Å². The lowest BCUT2D eigenvalue weighted by Gasteiger charge is -2.21. The van der Waals surface area contributed by atoms with E-state index in [9.17, 15) is 0 Å². The van der Waals surface area contributed by atoms with Crippen molar-refractivity contribution in [3.8, 4) is 0 Å². The summed E-state index contributed by atoms with van der Waals surface area (Å²) in [5.41, 5.74) is 2.33. The quantitative estimate of drug-likeness (QED) is 0.541. The van der Waals surface area contributed by atoms with E-state index in [4.69, 9.17) is 11.6 Å². The lowest BCUT2D eigenvalue weighted by Crippen LogP contribution is -2.39. The normalized spacial score (nSPS) is 11.9. The van der Waals surface area contributed by atoms with Gasteiger partial charge in [-0.15, -0.1) is 0 Å². The van der Waals surface area contributed by atoms with Crippen molar-refractivity contribution in [2.75, 3.05) is 20.6 Å². The SMILES string of the molecule is CN=C(NCCc1c[nH]c2ccc(Cl)cc12)N(C)Cc1ncnn1C. The Morgan fingerprint density at radius 1 is 1.44 bits per heavy atom. The molecule has 0 aliphatic carbocycles. The summed E-state index contributed by atoms with van der Waals surface area (Å²) in [7, 11) is 5.64. The van der Waals surface area contributed by atoms with E-state index in [-0.39, 0.29) is 0 Å². The van der Waals surface area contributed by atoms with E-state index >= 15 is 0 Å². The van der Waals surface area contributed by atoms with Gasteiger partial charge in [0, 0.05) is 49.8 Å². The lowest BCUT2D eigenvalue weighted by molar-refractivity contribution is 0.449. The number of aliphatic imine (C=N–C) groups is 1. The third kappa shape index (κ3) is 3.93. The first-order valence-electron chi connectivity index (χ1n) is 8.08. The maximum atomic E-state index is 6.11. The fourth-order valence-electron chi connectivity index (χ4n) is 2.80. The van der Waals surface area contributed by atoms with E-state index in [1.807, 2.05) is 43.4 Å². The number of guanidine groups is 1. The molecule has 0 saturated heterocycles. The maximum absolute atomic E-state index is 6.11. The van der Waals surface area contributed by atoms with E-state index in [0.29, 0.717) is 6.54 Å². The van der Waals surface area contributed by atoms with E-state index in [1.54, 1.807) is 18.1 Å². The number of benzene rings is 1. The Balaban J connectivity index is 1.59. The largest absolute Gasteiger partial charge is 0.361 e. The first-order valence-corrected chi connectivity index (χ1v) is 8.46. The molecular formula is C17H22ClN7. The Kier molecular flexibility index (Phi) is 5.23. The Morgan fingerprint density at radius 2 is 2.28 bits per heavy atom. The molecule has 2 heterocycles. The zero-order valence-corrected chi connectivity index (χ0v) is 15.4. The summed E-state index contributed by atoms with van der Waals surface area (Å²) in [6.07, 6.45) is 4.47. The Morgan fingerprint density at radius 3 is 3.00 bits per heavy atom. The second kappa shape index (κ2) is 7.57. The fourth-order valence-corrected chi connectivity index (χ4v) is 2.97. The molecule has 0 spiro atoms. The van der Waals surface area contributed by atoms with Crippen molar-refractivity contribution < 1.29 is 0 Å². The van der Waals surface area contributed by atoms with Gasteiger partial charge in [-0.25, -0.2) is 4.98 Å². The molecule has 25 heavy (non-hydrogen) atoms. The number of aromatic nitrogens is 4. The number of H-pyrrole nitrogens is 1. The van der Waals surface area contributed by atoms with Gasteiger partial charge in [0.2, 0.25) is 0 Å². The maximum Gasteiger partial charge on any atom is 0.193 e. The topological polar surface area (TPSA) is 74.1 Å². The minimum Gasteiger partial charge on any atom is -0.361 e. The van der Waals surface area contributed by atoms with E-state index < -0.39 is 0 Å². The molecule has 8 heteroatoms. The Labute approximate surface area is 151 Å². The predicted molar refractivity (Wildman–Crippen MR) is 101 cm³/mol. The Bertz CT molecular complexity index is 880.